The number of rotatable bonds is 0. The Balaban J connectivity index is 3.08. The molecule has 0 radical (unpaired) electrons. The van der Waals surface area contributed by atoms with Crippen LogP contribution in [0.1, 0.15) is 5.56 Å². The van der Waals surface area contributed by atoms with Crippen LogP contribution in [0.4, 0.5) is 0 Å². The van der Waals surface area contributed by atoms with Crippen LogP contribution in [0.15, 0.2) is 11.0 Å². The third-order valence-corrected chi connectivity index (χ3v) is 1.43. The second-order valence-electron chi connectivity index (χ2n) is 2.19. The second-order valence-corrected chi connectivity index (χ2v) is 2.19. The number of hydrogen-bond donors (Lipinski definition) is 1. The lowest BCUT2D eigenvalue weighted by molar-refractivity contribution is 0.780. The van der Waals surface area contributed by atoms with E-state index in [4.69, 9.17) is 0 Å². The van der Waals surface area contributed by atoms with E-state index in [1.54, 1.807) is 6.20 Å². The van der Waals surface area contributed by atoms with Crippen molar-refractivity contribution in [2.24, 2.45) is 0 Å². The molecule has 0 saturated carbocycles. The summed E-state index contributed by atoms with van der Waals surface area (Å²) in [6.07, 6.45) is 1.58. The van der Waals surface area contributed by atoms with Crippen LogP contribution in [0.3, 0.4) is 0 Å². The first-order valence-corrected chi connectivity index (χ1v) is 3.05. The number of tetrazole rings is 1. The molecule has 1 N–H and O–H groups in total. The topological polar surface area (TPSA) is 75.9 Å². The molecular formula is C5H5N5O. The van der Waals surface area contributed by atoms with Crippen molar-refractivity contribution in [3.63, 3.8) is 0 Å². The molecule has 0 aliphatic heterocycles. The molecule has 2 aromatic heterocycles. The Labute approximate surface area is 60.9 Å². The Bertz CT molecular complexity index is 441. The molecular weight excluding hydrogens is 146 g/mol. The highest BCUT2D eigenvalue weighted by Gasteiger charge is 2.01. The van der Waals surface area contributed by atoms with Crippen LogP contribution >= 0.6 is 0 Å². The smallest absolute Gasteiger partial charge is 0.312 e. The van der Waals surface area contributed by atoms with Gasteiger partial charge in [-0.3, -0.25) is 0 Å². The number of hydrogen-bond acceptors (Lipinski definition) is 4. The summed E-state index contributed by atoms with van der Waals surface area (Å²) in [5.74, 6) is 0. The van der Waals surface area contributed by atoms with Gasteiger partial charge >= 0.3 is 5.69 Å². The van der Waals surface area contributed by atoms with Gasteiger partial charge < -0.3 is 4.98 Å². The normalized spacial score (nSPS) is 10.6. The molecule has 0 unspecified atom stereocenters. The highest BCUT2D eigenvalue weighted by Crippen LogP contribution is 1.96. The molecule has 0 fully saturated rings. The fourth-order valence-corrected chi connectivity index (χ4v) is 0.865. The van der Waals surface area contributed by atoms with Gasteiger partial charge in [0, 0.05) is 11.8 Å². The molecule has 0 amide bonds. The number of nitrogens with zero attached hydrogens (tertiary/aromatic N) is 4. The lowest BCUT2D eigenvalue weighted by atomic mass is 10.4. The van der Waals surface area contributed by atoms with E-state index >= 15 is 0 Å². The maximum Gasteiger partial charge on any atom is 0.349 e. The maximum absolute atomic E-state index is 11.0. The van der Waals surface area contributed by atoms with Crippen LogP contribution in [-0.2, 0) is 0 Å². The number of fused-ring (bicyclic) bond motifs is 1. The molecule has 6 heteroatoms. The van der Waals surface area contributed by atoms with Crippen molar-refractivity contribution >= 4 is 5.65 Å². The van der Waals surface area contributed by atoms with E-state index in [2.05, 4.69) is 20.5 Å². The van der Waals surface area contributed by atoms with Gasteiger partial charge in [0.05, 0.1) is 0 Å². The molecule has 0 bridgehead atoms. The lowest BCUT2D eigenvalue weighted by Gasteiger charge is -1.90. The standard InChI is InChI=1S/C5H5N5O/c1-3-2-6-5(11)10-4(3)7-8-9-10/h2H,1H3,(H,6,11). The molecule has 0 spiro atoms. The first-order chi connectivity index (χ1) is 5.29. The van der Waals surface area contributed by atoms with Gasteiger partial charge in [-0.1, -0.05) is 0 Å². The van der Waals surface area contributed by atoms with E-state index in [0.717, 1.165) is 10.1 Å². The second kappa shape index (κ2) is 1.88. The Hall–Kier alpha value is -1.72. The number of nitrogens with one attached hydrogen (secondary N) is 1. The number of aromatic nitrogens is 5. The molecule has 2 aromatic rings. The van der Waals surface area contributed by atoms with E-state index in [-0.39, 0.29) is 5.69 Å². The van der Waals surface area contributed by atoms with Crippen LogP contribution in [-0.4, -0.2) is 25.0 Å². The monoisotopic (exact) mass is 151 g/mol. The van der Waals surface area contributed by atoms with Crippen LogP contribution in [0, 0.1) is 6.92 Å². The molecule has 2 rings (SSSR count). The van der Waals surface area contributed by atoms with Crippen molar-refractivity contribution in [1.29, 1.82) is 0 Å². The minimum Gasteiger partial charge on any atom is -0.312 e. The van der Waals surface area contributed by atoms with E-state index in [1.807, 2.05) is 6.92 Å². The van der Waals surface area contributed by atoms with E-state index in [1.165, 1.54) is 0 Å². The Morgan fingerprint density at radius 1 is 1.64 bits per heavy atom. The van der Waals surface area contributed by atoms with Gasteiger partial charge in [-0.15, -0.1) is 9.61 Å². The van der Waals surface area contributed by atoms with Crippen LogP contribution < -0.4 is 5.69 Å². The van der Waals surface area contributed by atoms with Gasteiger partial charge in [-0.25, -0.2) is 4.79 Å². The van der Waals surface area contributed by atoms with E-state index in [0.29, 0.717) is 5.65 Å². The largest absolute Gasteiger partial charge is 0.349 e. The molecule has 0 atom stereocenters. The summed E-state index contributed by atoms with van der Waals surface area (Å²) in [6.45, 7) is 1.82. The molecule has 0 aromatic carbocycles. The highest BCUT2D eigenvalue weighted by molar-refractivity contribution is 5.41. The highest BCUT2D eigenvalue weighted by atomic mass is 16.1. The molecule has 6 nitrogen and oxygen atoms in total. The number of aryl methyl sites for hydroxylation is 1. The predicted octanol–water partition coefficient (Wildman–Crippen LogP) is -0.879. The van der Waals surface area contributed by atoms with Crippen molar-refractivity contribution < 1.29 is 0 Å². The fraction of sp³-hybridized carbons (Fsp3) is 0.200. The minimum atomic E-state index is -0.324. The van der Waals surface area contributed by atoms with Crippen LogP contribution in [0.2, 0.25) is 0 Å². The van der Waals surface area contributed by atoms with Gasteiger partial charge in [0.2, 0.25) is 0 Å². The zero-order chi connectivity index (χ0) is 7.84. The minimum absolute atomic E-state index is 0.324. The zero-order valence-electron chi connectivity index (χ0n) is 5.77. The van der Waals surface area contributed by atoms with E-state index in [9.17, 15) is 4.79 Å². The lowest BCUT2D eigenvalue weighted by Crippen LogP contribution is -2.17. The average molecular weight is 151 g/mol. The summed E-state index contributed by atoms with van der Waals surface area (Å²) in [5, 5.41) is 10.5. The van der Waals surface area contributed by atoms with Gasteiger partial charge in [0.25, 0.3) is 0 Å². The molecule has 2 heterocycles. The van der Waals surface area contributed by atoms with Crippen molar-refractivity contribution in [2.75, 3.05) is 0 Å². The fourth-order valence-electron chi connectivity index (χ4n) is 0.865. The Kier molecular flexibility index (Phi) is 1.03. The SMILES string of the molecule is Cc1c[nH]c(=O)n2nnnc12. The zero-order valence-corrected chi connectivity index (χ0v) is 5.77. The maximum atomic E-state index is 11.0. The van der Waals surface area contributed by atoms with Crippen molar-refractivity contribution in [1.82, 2.24) is 25.0 Å². The molecule has 0 aliphatic carbocycles. The Morgan fingerprint density at radius 2 is 2.45 bits per heavy atom. The summed E-state index contributed by atoms with van der Waals surface area (Å²) in [7, 11) is 0. The van der Waals surface area contributed by atoms with Crippen molar-refractivity contribution in [3.8, 4) is 0 Å². The number of aromatic amines is 1. The Morgan fingerprint density at radius 3 is 3.18 bits per heavy atom. The molecule has 11 heavy (non-hydrogen) atoms. The number of H-pyrrole nitrogens is 1. The van der Waals surface area contributed by atoms with Gasteiger partial charge in [0.15, 0.2) is 5.65 Å². The molecule has 56 valence electrons. The van der Waals surface area contributed by atoms with Gasteiger partial charge in [-0.05, 0) is 17.4 Å². The average Bonchev–Trinajstić information content (AvgIpc) is 2.45. The van der Waals surface area contributed by atoms with E-state index < -0.39 is 0 Å². The van der Waals surface area contributed by atoms with Crippen LogP contribution in [0.5, 0.6) is 0 Å². The van der Waals surface area contributed by atoms with Crippen molar-refractivity contribution in [3.05, 3.63) is 22.2 Å². The third-order valence-electron chi connectivity index (χ3n) is 1.43. The summed E-state index contributed by atoms with van der Waals surface area (Å²) >= 11 is 0. The van der Waals surface area contributed by atoms with Gasteiger partial charge in [-0.2, -0.15) is 0 Å². The summed E-state index contributed by atoms with van der Waals surface area (Å²) in [5.41, 5.74) is 1.01. The third kappa shape index (κ3) is 0.721. The van der Waals surface area contributed by atoms with Crippen LogP contribution in [0.25, 0.3) is 5.65 Å². The predicted molar refractivity (Wildman–Crippen MR) is 36.1 cm³/mol. The summed E-state index contributed by atoms with van der Waals surface area (Å²) in [6, 6.07) is 0. The molecule has 0 aliphatic rings. The molecule has 0 saturated heterocycles. The first-order valence-electron chi connectivity index (χ1n) is 3.05. The first kappa shape index (κ1) is 6.02. The summed E-state index contributed by atoms with van der Waals surface area (Å²) in [4.78, 5) is 13.5. The summed E-state index contributed by atoms with van der Waals surface area (Å²) < 4.78 is 1.12. The van der Waals surface area contributed by atoms with Crippen molar-refractivity contribution in [2.45, 2.75) is 6.92 Å². The quantitative estimate of drug-likeness (QED) is 0.530. The van der Waals surface area contributed by atoms with Gasteiger partial charge in [0.1, 0.15) is 0 Å².